The third kappa shape index (κ3) is 4.74. The fraction of sp³-hybridized carbons (Fsp3) is 0.391. The molecule has 0 aliphatic heterocycles. The van der Waals surface area contributed by atoms with E-state index in [1.165, 1.54) is 5.56 Å². The van der Waals surface area contributed by atoms with E-state index in [-0.39, 0.29) is 12.3 Å². The number of aliphatic hydroxyl groups is 1. The Morgan fingerprint density at radius 3 is 2.67 bits per heavy atom. The number of nitrogens with one attached hydrogen (secondary N) is 2. The van der Waals surface area contributed by atoms with E-state index >= 15 is 0 Å². The summed E-state index contributed by atoms with van der Waals surface area (Å²) in [7, 11) is 1.66. The molecule has 1 fully saturated rings. The predicted molar refractivity (Wildman–Crippen MR) is 114 cm³/mol. The maximum absolute atomic E-state index is 12.5. The Morgan fingerprint density at radius 1 is 1.23 bits per heavy atom. The molecule has 1 aliphatic rings. The molecule has 0 unspecified atom stereocenters. The summed E-state index contributed by atoms with van der Waals surface area (Å²) in [4.78, 5) is 26.3. The summed E-state index contributed by atoms with van der Waals surface area (Å²) >= 11 is 0. The molecule has 0 spiro atoms. The minimum atomic E-state index is -0.981. The van der Waals surface area contributed by atoms with Crippen molar-refractivity contribution in [3.05, 3.63) is 58.6 Å². The molecule has 1 amide bonds. The van der Waals surface area contributed by atoms with Gasteiger partial charge in [0.05, 0.1) is 24.6 Å². The lowest BCUT2D eigenvalue weighted by Crippen LogP contribution is -2.38. The van der Waals surface area contributed by atoms with E-state index in [2.05, 4.69) is 22.4 Å². The van der Waals surface area contributed by atoms with Gasteiger partial charge in [-0.3, -0.25) is 9.78 Å². The minimum absolute atomic E-state index is 0.0530. The average Bonchev–Trinajstić information content (AvgIpc) is 3.09. The van der Waals surface area contributed by atoms with Gasteiger partial charge in [0.1, 0.15) is 5.75 Å². The van der Waals surface area contributed by atoms with E-state index in [1.54, 1.807) is 25.3 Å². The van der Waals surface area contributed by atoms with E-state index < -0.39 is 11.4 Å². The Morgan fingerprint density at radius 2 is 1.97 bits per heavy atom. The van der Waals surface area contributed by atoms with Crippen LogP contribution in [-0.4, -0.2) is 28.7 Å². The largest absolute Gasteiger partial charge is 0.497 e. The van der Waals surface area contributed by atoms with Gasteiger partial charge in [-0.15, -0.1) is 0 Å². The third-order valence-electron chi connectivity index (χ3n) is 5.91. The molecule has 7 heteroatoms. The van der Waals surface area contributed by atoms with E-state index in [0.29, 0.717) is 35.5 Å². The van der Waals surface area contributed by atoms with Crippen molar-refractivity contribution in [3.63, 3.8) is 0 Å². The zero-order chi connectivity index (χ0) is 21.1. The van der Waals surface area contributed by atoms with Crippen molar-refractivity contribution in [2.45, 2.75) is 44.1 Å². The number of carbonyl (C=O) groups is 1. The van der Waals surface area contributed by atoms with Gasteiger partial charge in [-0.05, 0) is 67.9 Å². The lowest BCUT2D eigenvalue weighted by molar-refractivity contribution is -0.122. The first-order chi connectivity index (χ1) is 14.4. The molecule has 1 aromatic heterocycles. The molecular weight excluding hydrogens is 384 g/mol. The molecule has 30 heavy (non-hydrogen) atoms. The lowest BCUT2D eigenvalue weighted by atomic mass is 9.75. The molecule has 1 heterocycles. The van der Waals surface area contributed by atoms with Crippen LogP contribution in [0.4, 0.5) is 5.69 Å². The standard InChI is InChI=1S/C23H26N2O5/c1-29-18-5-2-15(3-6-18)12-16-8-10-23(28,11-9-16)14-21(26)24-17-4-7-19-20(13-17)30-22(27)25-19/h2-7,13,16,28H,8-12,14H2,1H3,(H,24,26)(H,25,27). The van der Waals surface area contributed by atoms with Gasteiger partial charge in [0, 0.05) is 11.8 Å². The molecule has 158 valence electrons. The highest BCUT2D eigenvalue weighted by Gasteiger charge is 2.35. The smallest absolute Gasteiger partial charge is 0.417 e. The summed E-state index contributed by atoms with van der Waals surface area (Å²) in [6.07, 6.45) is 4.00. The molecule has 1 aliphatic carbocycles. The average molecular weight is 410 g/mol. The number of carbonyl (C=O) groups excluding carboxylic acids is 1. The molecular formula is C23H26N2O5. The van der Waals surface area contributed by atoms with Gasteiger partial charge >= 0.3 is 5.76 Å². The van der Waals surface area contributed by atoms with Crippen LogP contribution in [0.25, 0.3) is 11.1 Å². The first-order valence-corrected chi connectivity index (χ1v) is 10.2. The Balaban J connectivity index is 1.29. The van der Waals surface area contributed by atoms with Crippen LogP contribution in [0.3, 0.4) is 0 Å². The second kappa shape index (κ2) is 8.36. The number of benzene rings is 2. The summed E-state index contributed by atoms with van der Waals surface area (Å²) in [6.45, 7) is 0. The number of amides is 1. The van der Waals surface area contributed by atoms with Gasteiger partial charge in [-0.25, -0.2) is 4.79 Å². The molecule has 0 bridgehead atoms. The molecule has 1 saturated carbocycles. The van der Waals surface area contributed by atoms with E-state index in [0.717, 1.165) is 25.0 Å². The molecule has 7 nitrogen and oxygen atoms in total. The van der Waals surface area contributed by atoms with Gasteiger partial charge < -0.3 is 19.6 Å². The molecule has 0 saturated heterocycles. The van der Waals surface area contributed by atoms with Gasteiger partial charge in [-0.2, -0.15) is 0 Å². The SMILES string of the molecule is COc1ccc(CC2CCC(O)(CC(=O)Nc3ccc4[nH]c(=O)oc4c3)CC2)cc1. The van der Waals surface area contributed by atoms with Crippen LogP contribution in [0.1, 0.15) is 37.7 Å². The quantitative estimate of drug-likeness (QED) is 0.576. The minimum Gasteiger partial charge on any atom is -0.497 e. The van der Waals surface area contributed by atoms with Crippen molar-refractivity contribution >= 4 is 22.7 Å². The molecule has 4 rings (SSSR count). The topological polar surface area (TPSA) is 105 Å². The van der Waals surface area contributed by atoms with E-state index in [4.69, 9.17) is 9.15 Å². The number of rotatable bonds is 6. The fourth-order valence-electron chi connectivity index (χ4n) is 4.22. The molecule has 0 atom stereocenters. The number of hydrogen-bond acceptors (Lipinski definition) is 5. The van der Waals surface area contributed by atoms with Crippen LogP contribution in [0.2, 0.25) is 0 Å². The molecule has 0 radical (unpaired) electrons. The van der Waals surface area contributed by atoms with Crippen molar-refractivity contribution < 1.29 is 19.1 Å². The third-order valence-corrected chi connectivity index (χ3v) is 5.91. The number of hydrogen-bond donors (Lipinski definition) is 3. The van der Waals surface area contributed by atoms with Crippen LogP contribution < -0.4 is 15.8 Å². The molecule has 3 aromatic rings. The number of oxazole rings is 1. The first kappa shape index (κ1) is 20.2. The summed E-state index contributed by atoms with van der Waals surface area (Å²) in [6, 6.07) is 13.1. The van der Waals surface area contributed by atoms with Gasteiger partial charge in [0.25, 0.3) is 0 Å². The van der Waals surface area contributed by atoms with Crippen molar-refractivity contribution in [2.75, 3.05) is 12.4 Å². The highest BCUT2D eigenvalue weighted by molar-refractivity contribution is 5.93. The normalized spacial score (nSPS) is 21.5. The highest BCUT2D eigenvalue weighted by Crippen LogP contribution is 2.36. The number of aromatic amines is 1. The zero-order valence-corrected chi connectivity index (χ0v) is 16.9. The predicted octanol–water partition coefficient (Wildman–Crippen LogP) is 3.62. The van der Waals surface area contributed by atoms with E-state index in [9.17, 15) is 14.7 Å². The second-order valence-electron chi connectivity index (χ2n) is 8.17. The number of methoxy groups -OCH3 is 1. The van der Waals surface area contributed by atoms with Gasteiger partial charge in [0.2, 0.25) is 5.91 Å². The van der Waals surface area contributed by atoms with Crippen molar-refractivity contribution in [1.82, 2.24) is 4.98 Å². The first-order valence-electron chi connectivity index (χ1n) is 10.2. The Hall–Kier alpha value is -3.06. The van der Waals surface area contributed by atoms with Crippen molar-refractivity contribution in [2.24, 2.45) is 5.92 Å². The summed E-state index contributed by atoms with van der Waals surface area (Å²) in [5.41, 5.74) is 1.77. The van der Waals surface area contributed by atoms with Gasteiger partial charge in [0.15, 0.2) is 5.58 Å². The lowest BCUT2D eigenvalue weighted by Gasteiger charge is -2.35. The molecule has 3 N–H and O–H groups in total. The maximum Gasteiger partial charge on any atom is 0.417 e. The summed E-state index contributed by atoms with van der Waals surface area (Å²) in [5.74, 6) is 0.568. The van der Waals surface area contributed by atoms with Crippen molar-refractivity contribution in [1.29, 1.82) is 0 Å². The number of anilines is 1. The van der Waals surface area contributed by atoms with Gasteiger partial charge in [-0.1, -0.05) is 12.1 Å². The van der Waals surface area contributed by atoms with Crippen molar-refractivity contribution in [3.8, 4) is 5.75 Å². The number of ether oxygens (including phenoxy) is 1. The Bertz CT molecular complexity index is 1070. The summed E-state index contributed by atoms with van der Waals surface area (Å²) < 4.78 is 10.2. The number of H-pyrrole nitrogens is 1. The maximum atomic E-state index is 12.5. The number of aromatic nitrogens is 1. The second-order valence-corrected chi connectivity index (χ2v) is 8.17. The fourth-order valence-corrected chi connectivity index (χ4v) is 4.22. The summed E-state index contributed by atoms with van der Waals surface area (Å²) in [5, 5.41) is 13.7. The monoisotopic (exact) mass is 410 g/mol. The molecule has 2 aromatic carbocycles. The van der Waals surface area contributed by atoms with Crippen LogP contribution in [0, 0.1) is 5.92 Å². The van der Waals surface area contributed by atoms with Crippen LogP contribution in [0.15, 0.2) is 51.7 Å². The Labute approximate surface area is 174 Å². The number of fused-ring (bicyclic) bond motifs is 1. The Kier molecular flexibility index (Phi) is 5.63. The van der Waals surface area contributed by atoms with Crippen LogP contribution in [0.5, 0.6) is 5.75 Å². The zero-order valence-electron chi connectivity index (χ0n) is 16.9. The van der Waals surface area contributed by atoms with Crippen LogP contribution in [-0.2, 0) is 11.2 Å². The van der Waals surface area contributed by atoms with Crippen LogP contribution >= 0.6 is 0 Å². The van der Waals surface area contributed by atoms with E-state index in [1.807, 2.05) is 12.1 Å². The highest BCUT2D eigenvalue weighted by atomic mass is 16.5.